The lowest BCUT2D eigenvalue weighted by atomic mass is 9.95. The van der Waals surface area contributed by atoms with Crippen molar-refractivity contribution in [3.63, 3.8) is 0 Å². The van der Waals surface area contributed by atoms with Crippen molar-refractivity contribution in [2.45, 2.75) is 31.7 Å². The van der Waals surface area contributed by atoms with Crippen molar-refractivity contribution in [3.8, 4) is 0 Å². The molecule has 0 spiro atoms. The summed E-state index contributed by atoms with van der Waals surface area (Å²) < 4.78 is 0. The van der Waals surface area contributed by atoms with Gasteiger partial charge in [0, 0.05) is 28.2 Å². The molecule has 0 bridgehead atoms. The quantitative estimate of drug-likeness (QED) is 0.354. The van der Waals surface area contributed by atoms with Gasteiger partial charge in [-0.15, -0.1) is 0 Å². The highest BCUT2D eigenvalue weighted by molar-refractivity contribution is 6.35. The van der Waals surface area contributed by atoms with E-state index in [1.54, 1.807) is 18.2 Å². The molecule has 136 valence electrons. The minimum absolute atomic E-state index is 0.0232. The number of hydrogen-bond donors (Lipinski definition) is 0. The van der Waals surface area contributed by atoms with E-state index in [1.165, 1.54) is 10.5 Å². The summed E-state index contributed by atoms with van der Waals surface area (Å²) in [6.45, 7) is 0.792. The van der Waals surface area contributed by atoms with Crippen LogP contribution in [0.1, 0.15) is 35.2 Å². The molecule has 3 rings (SSSR count). The second-order valence-corrected chi connectivity index (χ2v) is 6.96. The molecule has 1 unspecified atom stereocenters. The third kappa shape index (κ3) is 5.67. The van der Waals surface area contributed by atoms with Crippen molar-refractivity contribution in [1.82, 2.24) is 4.90 Å². The Labute approximate surface area is 162 Å². The number of hydrogen-bond acceptors (Lipinski definition) is 1. The van der Waals surface area contributed by atoms with Crippen LogP contribution in [0.15, 0.2) is 48.5 Å². The van der Waals surface area contributed by atoms with Crippen molar-refractivity contribution < 1.29 is 4.79 Å². The van der Waals surface area contributed by atoms with E-state index in [4.69, 9.17) is 34.3 Å². The predicted molar refractivity (Wildman–Crippen MR) is 105 cm³/mol. The standard InChI is InChI=1S/C19H19Cl2NO.N3/c20-16-11-15(12-17(21)13-16)19(23)22-9-5-4-8-18(22)10-14-6-2-1-3-7-14;1-3-2/h1-3,6-7,11-13,18H,4-5,8-10H2;/q;-1. The zero-order valence-corrected chi connectivity index (χ0v) is 15.7. The smallest absolute Gasteiger partial charge is 0.254 e. The minimum atomic E-state index is 0.0232. The first-order valence-corrected chi connectivity index (χ1v) is 9.10. The van der Waals surface area contributed by atoms with Crippen molar-refractivity contribution in [3.05, 3.63) is 85.7 Å². The van der Waals surface area contributed by atoms with Gasteiger partial charge in [-0.05, 0) is 49.4 Å². The zero-order valence-electron chi connectivity index (χ0n) is 14.2. The molecule has 2 aromatic rings. The maximum Gasteiger partial charge on any atom is 0.254 e. The van der Waals surface area contributed by atoms with Crippen LogP contribution in [0.25, 0.3) is 16.0 Å². The monoisotopic (exact) mass is 389 g/mol. The molecular weight excluding hydrogens is 371 g/mol. The predicted octanol–water partition coefficient (Wildman–Crippen LogP) is 6.10. The number of nitrogens with zero attached hydrogens (tertiary/aromatic N) is 4. The molecule has 0 aromatic heterocycles. The van der Waals surface area contributed by atoms with Crippen LogP contribution in [-0.2, 0) is 6.42 Å². The van der Waals surface area contributed by atoms with Crippen molar-refractivity contribution >= 4 is 29.1 Å². The summed E-state index contributed by atoms with van der Waals surface area (Å²) in [4.78, 5) is 16.4. The molecule has 0 N–H and O–H groups in total. The Balaban J connectivity index is 0.000000758. The fourth-order valence-electron chi connectivity index (χ4n) is 3.21. The van der Waals surface area contributed by atoms with Crippen LogP contribution in [0.4, 0.5) is 0 Å². The molecular formula is C19H19Cl2N4O-. The topological polar surface area (TPSA) is 79.0 Å². The number of carbonyl (C=O) groups is 1. The molecule has 1 aliphatic heterocycles. The molecule has 1 amide bonds. The summed E-state index contributed by atoms with van der Waals surface area (Å²) in [5.74, 6) is 0.0232. The highest BCUT2D eigenvalue weighted by atomic mass is 35.5. The summed E-state index contributed by atoms with van der Waals surface area (Å²) in [6.07, 6.45) is 4.14. The average Bonchev–Trinajstić information content (AvgIpc) is 2.62. The lowest BCUT2D eigenvalue weighted by Crippen LogP contribution is -2.44. The van der Waals surface area contributed by atoms with Crippen molar-refractivity contribution in [1.29, 1.82) is 0 Å². The number of carbonyl (C=O) groups excluding carboxylic acids is 1. The third-order valence-electron chi connectivity index (χ3n) is 4.31. The Morgan fingerprint density at radius 2 is 1.69 bits per heavy atom. The van der Waals surface area contributed by atoms with E-state index < -0.39 is 0 Å². The van der Waals surface area contributed by atoms with E-state index in [9.17, 15) is 4.79 Å². The van der Waals surface area contributed by atoms with Crippen LogP contribution in [0, 0.1) is 0 Å². The van der Waals surface area contributed by atoms with Gasteiger partial charge in [0.15, 0.2) is 0 Å². The zero-order chi connectivity index (χ0) is 18.9. The largest absolute Gasteiger partial charge is 0.373 e. The van der Waals surface area contributed by atoms with Gasteiger partial charge in [-0.25, -0.2) is 0 Å². The lowest BCUT2D eigenvalue weighted by Gasteiger charge is -2.36. The summed E-state index contributed by atoms with van der Waals surface area (Å²) in [7, 11) is 0. The second kappa shape index (κ2) is 10.1. The molecule has 0 aliphatic carbocycles. The van der Waals surface area contributed by atoms with Crippen LogP contribution >= 0.6 is 23.2 Å². The van der Waals surface area contributed by atoms with Gasteiger partial charge in [0.05, 0.1) is 0 Å². The van der Waals surface area contributed by atoms with Gasteiger partial charge in [0.25, 0.3) is 5.91 Å². The van der Waals surface area contributed by atoms with Gasteiger partial charge in [-0.3, -0.25) is 9.71 Å². The second-order valence-electron chi connectivity index (χ2n) is 6.09. The van der Waals surface area contributed by atoms with E-state index >= 15 is 0 Å². The van der Waals surface area contributed by atoms with Crippen LogP contribution in [-0.4, -0.2) is 23.4 Å². The number of halogens is 2. The number of piperidine rings is 1. The first-order valence-electron chi connectivity index (χ1n) is 8.34. The Bertz CT molecular complexity index is 756. The van der Waals surface area contributed by atoms with Crippen LogP contribution in [0.3, 0.4) is 0 Å². The molecule has 26 heavy (non-hydrogen) atoms. The molecule has 1 heterocycles. The van der Waals surface area contributed by atoms with E-state index in [0.29, 0.717) is 15.6 Å². The Hall–Kier alpha value is -2.20. The SMILES string of the molecule is O=C(c1cc(Cl)cc(Cl)c1)N1CCCCC1Cc1ccccc1.[N-]=[N+]=[N-]. The van der Waals surface area contributed by atoms with E-state index in [0.717, 1.165) is 32.2 Å². The van der Waals surface area contributed by atoms with Gasteiger partial charge in [0.2, 0.25) is 0 Å². The van der Waals surface area contributed by atoms with E-state index in [1.807, 2.05) is 23.1 Å². The maximum absolute atomic E-state index is 12.9. The van der Waals surface area contributed by atoms with Gasteiger partial charge < -0.3 is 16.0 Å². The third-order valence-corrected chi connectivity index (χ3v) is 4.75. The van der Waals surface area contributed by atoms with Crippen LogP contribution < -0.4 is 0 Å². The summed E-state index contributed by atoms with van der Waals surface area (Å²) >= 11 is 12.1. The lowest BCUT2D eigenvalue weighted by molar-refractivity contribution is 0.0613. The molecule has 0 saturated carbocycles. The van der Waals surface area contributed by atoms with E-state index in [2.05, 4.69) is 12.1 Å². The van der Waals surface area contributed by atoms with Crippen molar-refractivity contribution in [2.75, 3.05) is 6.54 Å². The Kier molecular flexibility index (Phi) is 7.79. The molecule has 7 heteroatoms. The maximum atomic E-state index is 12.9. The van der Waals surface area contributed by atoms with Gasteiger partial charge >= 0.3 is 0 Å². The molecule has 1 aliphatic rings. The van der Waals surface area contributed by atoms with Crippen molar-refractivity contribution in [2.24, 2.45) is 0 Å². The van der Waals surface area contributed by atoms with E-state index in [-0.39, 0.29) is 11.9 Å². The fourth-order valence-corrected chi connectivity index (χ4v) is 3.74. The normalized spacial score (nSPS) is 16.2. The van der Waals surface area contributed by atoms with Gasteiger partial charge in [-0.2, -0.15) is 0 Å². The first-order chi connectivity index (χ1) is 12.5. The molecule has 1 saturated heterocycles. The van der Waals surface area contributed by atoms with Crippen LogP contribution in [0.5, 0.6) is 0 Å². The molecule has 1 atom stereocenters. The highest BCUT2D eigenvalue weighted by Gasteiger charge is 2.27. The van der Waals surface area contributed by atoms with Crippen LogP contribution in [0.2, 0.25) is 10.0 Å². The Morgan fingerprint density at radius 3 is 2.31 bits per heavy atom. The first kappa shape index (κ1) is 20.1. The molecule has 2 aromatic carbocycles. The average molecular weight is 390 g/mol. The fraction of sp³-hybridized carbons (Fsp3) is 0.316. The number of rotatable bonds is 3. The Morgan fingerprint density at radius 1 is 1.08 bits per heavy atom. The molecule has 1 fully saturated rings. The number of likely N-dealkylation sites (tertiary alicyclic amines) is 1. The number of benzene rings is 2. The molecule has 5 nitrogen and oxygen atoms in total. The summed E-state index contributed by atoms with van der Waals surface area (Å²) in [5, 5.41) is 0.995. The summed E-state index contributed by atoms with van der Waals surface area (Å²) in [6, 6.07) is 15.6. The van der Waals surface area contributed by atoms with Gasteiger partial charge in [-0.1, -0.05) is 53.5 Å². The molecule has 0 radical (unpaired) electrons. The minimum Gasteiger partial charge on any atom is -0.373 e. The highest BCUT2D eigenvalue weighted by Crippen LogP contribution is 2.25. The van der Waals surface area contributed by atoms with Gasteiger partial charge in [0.1, 0.15) is 0 Å². The summed E-state index contributed by atoms with van der Waals surface area (Å²) in [5.41, 5.74) is 15.3. The number of amides is 1.